The van der Waals surface area contributed by atoms with Crippen LogP contribution in [0.15, 0.2) is 36.4 Å². The van der Waals surface area contributed by atoms with E-state index >= 15 is 0 Å². The summed E-state index contributed by atoms with van der Waals surface area (Å²) in [4.78, 5) is 19.5. The lowest BCUT2D eigenvalue weighted by Gasteiger charge is -2.33. The van der Waals surface area contributed by atoms with Gasteiger partial charge in [-0.05, 0) is 56.2 Å². The van der Waals surface area contributed by atoms with Gasteiger partial charge >= 0.3 is 0 Å². The van der Waals surface area contributed by atoms with E-state index in [1.54, 1.807) is 11.7 Å². The van der Waals surface area contributed by atoms with Crippen molar-refractivity contribution >= 4 is 34.2 Å². The highest BCUT2D eigenvalue weighted by Crippen LogP contribution is 2.23. The second kappa shape index (κ2) is 7.19. The molecular weight excluding hydrogens is 362 g/mol. The van der Waals surface area contributed by atoms with E-state index in [0.29, 0.717) is 5.69 Å². The lowest BCUT2D eigenvalue weighted by Crippen LogP contribution is -2.45. The smallest absolute Gasteiger partial charge is 0.269 e. The fourth-order valence-electron chi connectivity index (χ4n) is 3.60. The molecular formula is C20H22ClN5O. The second-order valence-electron chi connectivity index (χ2n) is 7.04. The van der Waals surface area contributed by atoms with Gasteiger partial charge in [0.15, 0.2) is 0 Å². The highest BCUT2D eigenvalue weighted by molar-refractivity contribution is 6.31. The van der Waals surface area contributed by atoms with E-state index in [0.717, 1.165) is 53.4 Å². The van der Waals surface area contributed by atoms with Crippen molar-refractivity contribution in [2.75, 3.05) is 18.0 Å². The second-order valence-corrected chi connectivity index (χ2v) is 7.47. The number of aryl methyl sites for hydroxylation is 2. The minimum atomic E-state index is -0.0581. The van der Waals surface area contributed by atoms with E-state index < -0.39 is 0 Å². The number of halogens is 1. The summed E-state index contributed by atoms with van der Waals surface area (Å²) in [6.07, 6.45) is 1.78. The molecule has 27 heavy (non-hydrogen) atoms. The molecule has 4 rings (SSSR count). The number of pyridine rings is 1. The van der Waals surface area contributed by atoms with Crippen LogP contribution >= 0.6 is 11.6 Å². The first-order valence-corrected chi connectivity index (χ1v) is 9.50. The number of aromatic nitrogens is 3. The molecule has 1 fully saturated rings. The number of nitrogens with one attached hydrogen (secondary N) is 1. The molecule has 3 aromatic rings. The third kappa shape index (κ3) is 3.76. The van der Waals surface area contributed by atoms with Crippen molar-refractivity contribution in [1.29, 1.82) is 0 Å². The number of nitrogens with zero attached hydrogens (tertiary/aromatic N) is 4. The predicted octanol–water partition coefficient (Wildman–Crippen LogP) is 3.33. The molecule has 1 aromatic carbocycles. The Morgan fingerprint density at radius 2 is 1.96 bits per heavy atom. The van der Waals surface area contributed by atoms with Gasteiger partial charge in [-0.2, -0.15) is 5.10 Å². The Morgan fingerprint density at radius 3 is 2.67 bits per heavy atom. The molecule has 2 aromatic heterocycles. The van der Waals surface area contributed by atoms with Crippen LogP contribution in [0.5, 0.6) is 0 Å². The standard InChI is InChI=1S/C20H22ClN5O/c1-13-11-18(25(2)24-13)20(27)22-16-7-9-26(10-8-16)19-6-3-14-12-15(21)4-5-17(14)23-19/h3-6,11-12,16H,7-10H2,1-2H3,(H,22,27). The highest BCUT2D eigenvalue weighted by atomic mass is 35.5. The number of fused-ring (bicyclic) bond motifs is 1. The molecule has 7 heteroatoms. The fraction of sp³-hybridized carbons (Fsp3) is 0.350. The van der Waals surface area contributed by atoms with Crippen LogP contribution in [0.25, 0.3) is 10.9 Å². The molecule has 1 amide bonds. The van der Waals surface area contributed by atoms with Gasteiger partial charge < -0.3 is 10.2 Å². The maximum atomic E-state index is 12.5. The Labute approximate surface area is 163 Å². The van der Waals surface area contributed by atoms with Crippen LogP contribution in [-0.2, 0) is 7.05 Å². The van der Waals surface area contributed by atoms with Crippen molar-refractivity contribution in [3.63, 3.8) is 0 Å². The minimum absolute atomic E-state index is 0.0581. The number of hydrogen-bond acceptors (Lipinski definition) is 4. The van der Waals surface area contributed by atoms with Gasteiger partial charge in [0.25, 0.3) is 5.91 Å². The van der Waals surface area contributed by atoms with E-state index in [-0.39, 0.29) is 11.9 Å². The zero-order valence-electron chi connectivity index (χ0n) is 15.4. The van der Waals surface area contributed by atoms with Gasteiger partial charge in [-0.25, -0.2) is 4.98 Å². The van der Waals surface area contributed by atoms with Crippen molar-refractivity contribution in [2.45, 2.75) is 25.8 Å². The molecule has 0 radical (unpaired) electrons. The average Bonchev–Trinajstić information content (AvgIpc) is 3.00. The first-order valence-electron chi connectivity index (χ1n) is 9.12. The van der Waals surface area contributed by atoms with Crippen LogP contribution in [0.2, 0.25) is 5.02 Å². The highest BCUT2D eigenvalue weighted by Gasteiger charge is 2.23. The average molecular weight is 384 g/mol. The number of amides is 1. The Morgan fingerprint density at radius 1 is 1.19 bits per heavy atom. The number of benzene rings is 1. The molecule has 140 valence electrons. The summed E-state index contributed by atoms with van der Waals surface area (Å²) in [5.74, 6) is 0.911. The van der Waals surface area contributed by atoms with Crippen molar-refractivity contribution in [3.05, 3.63) is 52.8 Å². The van der Waals surface area contributed by atoms with Crippen molar-refractivity contribution < 1.29 is 4.79 Å². The zero-order chi connectivity index (χ0) is 19.0. The number of hydrogen-bond donors (Lipinski definition) is 1. The molecule has 0 bridgehead atoms. The summed E-state index contributed by atoms with van der Waals surface area (Å²) in [7, 11) is 1.79. The molecule has 0 spiro atoms. The summed E-state index contributed by atoms with van der Waals surface area (Å²) < 4.78 is 1.63. The SMILES string of the molecule is Cc1cc(C(=O)NC2CCN(c3ccc4cc(Cl)ccc4n3)CC2)n(C)n1. The number of rotatable bonds is 3. The van der Waals surface area contributed by atoms with Gasteiger partial charge in [-0.1, -0.05) is 11.6 Å². The van der Waals surface area contributed by atoms with Crippen molar-refractivity contribution in [2.24, 2.45) is 7.05 Å². The van der Waals surface area contributed by atoms with E-state index in [1.165, 1.54) is 0 Å². The van der Waals surface area contributed by atoms with Gasteiger partial charge in [0, 0.05) is 36.6 Å². The van der Waals surface area contributed by atoms with Gasteiger partial charge in [-0.15, -0.1) is 0 Å². The third-order valence-corrected chi connectivity index (χ3v) is 5.26. The maximum Gasteiger partial charge on any atom is 0.269 e. The first-order chi connectivity index (χ1) is 13.0. The van der Waals surface area contributed by atoms with Gasteiger partial charge in [0.05, 0.1) is 11.2 Å². The van der Waals surface area contributed by atoms with Crippen molar-refractivity contribution in [3.8, 4) is 0 Å². The molecule has 0 aliphatic carbocycles. The van der Waals surface area contributed by atoms with Crippen LogP contribution in [0.4, 0.5) is 5.82 Å². The van der Waals surface area contributed by atoms with Crippen LogP contribution in [-0.4, -0.2) is 39.8 Å². The quantitative estimate of drug-likeness (QED) is 0.753. The van der Waals surface area contributed by atoms with Gasteiger partial charge in [0.1, 0.15) is 11.5 Å². The van der Waals surface area contributed by atoms with Crippen LogP contribution in [0.1, 0.15) is 29.0 Å². The summed E-state index contributed by atoms with van der Waals surface area (Å²) >= 11 is 6.04. The maximum absolute atomic E-state index is 12.5. The Bertz CT molecular complexity index is 991. The van der Waals surface area contributed by atoms with Crippen LogP contribution < -0.4 is 10.2 Å². The van der Waals surface area contributed by atoms with Crippen LogP contribution in [0.3, 0.4) is 0 Å². The lowest BCUT2D eigenvalue weighted by molar-refractivity contribution is 0.0921. The topological polar surface area (TPSA) is 63.1 Å². The molecule has 1 saturated heterocycles. The van der Waals surface area contributed by atoms with E-state index in [2.05, 4.69) is 21.4 Å². The molecule has 0 unspecified atom stereocenters. The summed E-state index contributed by atoms with van der Waals surface area (Å²) in [6.45, 7) is 3.61. The summed E-state index contributed by atoms with van der Waals surface area (Å²) in [5.41, 5.74) is 2.39. The van der Waals surface area contributed by atoms with Crippen LogP contribution in [0, 0.1) is 6.92 Å². The number of carbonyl (C=O) groups is 1. The molecule has 0 saturated carbocycles. The lowest BCUT2D eigenvalue weighted by atomic mass is 10.0. The van der Waals surface area contributed by atoms with Crippen molar-refractivity contribution in [1.82, 2.24) is 20.1 Å². The molecule has 3 heterocycles. The molecule has 6 nitrogen and oxygen atoms in total. The molecule has 1 aliphatic heterocycles. The number of carbonyl (C=O) groups excluding carboxylic acids is 1. The van der Waals surface area contributed by atoms with E-state index in [1.807, 2.05) is 37.3 Å². The predicted molar refractivity (Wildman–Crippen MR) is 107 cm³/mol. The Kier molecular flexibility index (Phi) is 4.74. The number of anilines is 1. The Hall–Kier alpha value is -2.60. The summed E-state index contributed by atoms with van der Waals surface area (Å²) in [6, 6.07) is 11.8. The molecule has 1 N–H and O–H groups in total. The number of piperidine rings is 1. The normalized spacial score (nSPS) is 15.3. The molecule has 1 aliphatic rings. The third-order valence-electron chi connectivity index (χ3n) is 5.03. The summed E-state index contributed by atoms with van der Waals surface area (Å²) in [5, 5.41) is 9.14. The zero-order valence-corrected chi connectivity index (χ0v) is 16.2. The fourth-order valence-corrected chi connectivity index (χ4v) is 3.78. The van der Waals surface area contributed by atoms with Gasteiger partial charge in [-0.3, -0.25) is 9.48 Å². The van der Waals surface area contributed by atoms with E-state index in [9.17, 15) is 4.79 Å². The van der Waals surface area contributed by atoms with Gasteiger partial charge in [0.2, 0.25) is 0 Å². The minimum Gasteiger partial charge on any atom is -0.356 e. The molecule has 0 atom stereocenters. The monoisotopic (exact) mass is 383 g/mol. The first kappa shape index (κ1) is 17.8. The van der Waals surface area contributed by atoms with E-state index in [4.69, 9.17) is 16.6 Å². The Balaban J connectivity index is 1.39. The largest absolute Gasteiger partial charge is 0.356 e.